The van der Waals surface area contributed by atoms with Crippen molar-refractivity contribution in [1.29, 1.82) is 0 Å². The molecule has 3 N–H and O–H groups in total. The predicted octanol–water partition coefficient (Wildman–Crippen LogP) is 10.5. The van der Waals surface area contributed by atoms with Gasteiger partial charge in [-0.2, -0.15) is 0 Å². The van der Waals surface area contributed by atoms with Crippen molar-refractivity contribution in [2.45, 2.75) is 167 Å². The van der Waals surface area contributed by atoms with Crippen LogP contribution >= 0.6 is 7.82 Å². The lowest BCUT2D eigenvalue weighted by Gasteiger charge is -2.25. The molecule has 3 unspecified atom stereocenters. The van der Waals surface area contributed by atoms with Gasteiger partial charge >= 0.3 is 7.82 Å². The van der Waals surface area contributed by atoms with Gasteiger partial charge in [-0.1, -0.05) is 140 Å². The third kappa shape index (κ3) is 34.9. The van der Waals surface area contributed by atoms with E-state index < -0.39 is 20.0 Å². The second kappa shape index (κ2) is 33.3. The molecule has 0 aliphatic carbocycles. The van der Waals surface area contributed by atoms with Crippen molar-refractivity contribution >= 4 is 13.7 Å². The molecule has 0 aliphatic heterocycles. The fourth-order valence-corrected chi connectivity index (χ4v) is 6.00. The van der Waals surface area contributed by atoms with Crippen molar-refractivity contribution in [3.63, 3.8) is 0 Å². The van der Waals surface area contributed by atoms with Crippen LogP contribution in [0, 0.1) is 0 Å². The Kier molecular flexibility index (Phi) is 32.3. The van der Waals surface area contributed by atoms with Crippen LogP contribution in [-0.4, -0.2) is 73.4 Å². The zero-order chi connectivity index (χ0) is 37.2. The first kappa shape index (κ1) is 48.5. The molecule has 0 rings (SSSR count). The van der Waals surface area contributed by atoms with Gasteiger partial charge in [-0.25, -0.2) is 4.57 Å². The van der Waals surface area contributed by atoms with Crippen LogP contribution in [0.2, 0.25) is 0 Å². The number of aliphatic hydroxyl groups is 1. The summed E-state index contributed by atoms with van der Waals surface area (Å²) in [6, 6.07) is -0.862. The molecule has 3 atom stereocenters. The highest BCUT2D eigenvalue weighted by Gasteiger charge is 2.27. The number of likely N-dealkylation sites (N-methyl/N-ethyl adjacent to an activating group) is 1. The second-order valence-electron chi connectivity index (χ2n) is 14.6. The molecular weight excluding hydrogens is 647 g/mol. The quantitative estimate of drug-likeness (QED) is 0.0260. The number of phosphoric acid groups is 1. The van der Waals surface area contributed by atoms with Crippen LogP contribution in [0.1, 0.15) is 155 Å². The minimum Gasteiger partial charge on any atom is -0.387 e. The van der Waals surface area contributed by atoms with E-state index in [4.69, 9.17) is 9.05 Å². The van der Waals surface area contributed by atoms with Crippen LogP contribution in [0.25, 0.3) is 0 Å². The molecule has 0 aliphatic rings. The van der Waals surface area contributed by atoms with Crippen molar-refractivity contribution in [3.8, 4) is 0 Å². The maximum atomic E-state index is 12.8. The number of quaternary nitrogens is 1. The molecule has 50 heavy (non-hydrogen) atoms. The van der Waals surface area contributed by atoms with Gasteiger partial charge in [-0.05, 0) is 57.8 Å². The number of allylic oxidation sites excluding steroid dienone is 7. The average molecular weight is 726 g/mol. The van der Waals surface area contributed by atoms with Gasteiger partial charge in [0, 0.05) is 6.42 Å². The first-order valence-corrected chi connectivity index (χ1v) is 21.5. The van der Waals surface area contributed by atoms with E-state index in [1.165, 1.54) is 83.5 Å². The Hall–Kier alpha value is -1.54. The van der Waals surface area contributed by atoms with E-state index in [-0.39, 0.29) is 19.1 Å². The number of carbonyl (C=O) groups is 1. The Morgan fingerprint density at radius 2 is 1.20 bits per heavy atom. The lowest BCUT2D eigenvalue weighted by atomic mass is 10.1. The molecule has 9 heteroatoms. The van der Waals surface area contributed by atoms with E-state index in [1.807, 2.05) is 27.2 Å². The Morgan fingerprint density at radius 3 is 1.78 bits per heavy atom. The summed E-state index contributed by atoms with van der Waals surface area (Å²) in [5, 5.41) is 13.6. The standard InChI is InChI=1S/C41H77N2O6P/c1-6-8-10-12-14-15-16-17-18-19-20-21-22-23-24-25-26-27-29-31-33-35-41(45)42-39(40(44)34-32-30-28-13-11-9-7-2)38-49-50(46,47)48-37-36-43(3,4)5/h11,13,16-17,19-20,32,34,39-40,44H,6-10,12,14-15,18,21-31,33,35-38H2,1-5H3,(H-,42,45,46,47)/p+1/b13-11+,17-16-,20-19-,34-32+. The maximum Gasteiger partial charge on any atom is 0.472 e. The molecule has 0 radical (unpaired) electrons. The monoisotopic (exact) mass is 726 g/mol. The van der Waals surface area contributed by atoms with E-state index in [0.717, 1.165) is 51.4 Å². The molecule has 1 amide bonds. The number of carbonyl (C=O) groups excluding carboxylic acids is 1. The summed E-state index contributed by atoms with van der Waals surface area (Å²) >= 11 is 0. The second-order valence-corrected chi connectivity index (χ2v) is 16.1. The Bertz CT molecular complexity index is 959. The summed E-state index contributed by atoms with van der Waals surface area (Å²) in [4.78, 5) is 22.9. The average Bonchev–Trinajstić information content (AvgIpc) is 3.06. The van der Waals surface area contributed by atoms with Gasteiger partial charge in [0.05, 0.1) is 39.9 Å². The Balaban J connectivity index is 4.27. The van der Waals surface area contributed by atoms with Gasteiger partial charge in [0.1, 0.15) is 13.2 Å². The van der Waals surface area contributed by atoms with Crippen LogP contribution in [0.3, 0.4) is 0 Å². The summed E-state index contributed by atoms with van der Waals surface area (Å²) in [5.41, 5.74) is 0. The van der Waals surface area contributed by atoms with Gasteiger partial charge in [0.2, 0.25) is 5.91 Å². The number of aliphatic hydroxyl groups excluding tert-OH is 1. The maximum absolute atomic E-state index is 12.8. The van der Waals surface area contributed by atoms with E-state index in [1.54, 1.807) is 6.08 Å². The van der Waals surface area contributed by atoms with Gasteiger partial charge in [0.25, 0.3) is 0 Å². The first-order chi connectivity index (χ1) is 24.0. The minimum absolute atomic E-state index is 0.0531. The summed E-state index contributed by atoms with van der Waals surface area (Å²) < 4.78 is 23.3. The van der Waals surface area contributed by atoms with Crippen molar-refractivity contribution in [1.82, 2.24) is 5.32 Å². The number of rotatable bonds is 35. The number of hydrogen-bond acceptors (Lipinski definition) is 5. The highest BCUT2D eigenvalue weighted by Crippen LogP contribution is 2.43. The smallest absolute Gasteiger partial charge is 0.387 e. The SMILES string of the molecule is CCC/C=C/CC/C=C/C(O)C(COP(=O)(O)OCC[N+](C)(C)C)NC(=O)CCCCCCCCCCC/C=C\C/C=C\CCCCCCC. The number of amides is 1. The van der Waals surface area contributed by atoms with Crippen LogP contribution < -0.4 is 5.32 Å². The Labute approximate surface area is 308 Å². The van der Waals surface area contributed by atoms with E-state index in [2.05, 4.69) is 55.6 Å². The highest BCUT2D eigenvalue weighted by atomic mass is 31.2. The molecule has 0 bridgehead atoms. The molecule has 0 saturated heterocycles. The van der Waals surface area contributed by atoms with Gasteiger partial charge in [-0.3, -0.25) is 13.8 Å². The van der Waals surface area contributed by atoms with Gasteiger partial charge in [-0.15, -0.1) is 0 Å². The van der Waals surface area contributed by atoms with E-state index in [0.29, 0.717) is 17.4 Å². The lowest BCUT2D eigenvalue weighted by Crippen LogP contribution is -2.45. The molecule has 0 spiro atoms. The fraction of sp³-hybridized carbons (Fsp3) is 0.780. The van der Waals surface area contributed by atoms with Crippen molar-refractivity contribution in [2.75, 3.05) is 40.9 Å². The largest absolute Gasteiger partial charge is 0.472 e. The van der Waals surface area contributed by atoms with E-state index in [9.17, 15) is 19.4 Å². The lowest BCUT2D eigenvalue weighted by molar-refractivity contribution is -0.870. The third-order valence-electron chi connectivity index (χ3n) is 8.50. The van der Waals surface area contributed by atoms with Gasteiger partial charge in [0.15, 0.2) is 0 Å². The molecule has 0 saturated carbocycles. The molecule has 0 aromatic rings. The van der Waals surface area contributed by atoms with Crippen LogP contribution in [0.4, 0.5) is 0 Å². The minimum atomic E-state index is -4.33. The molecule has 0 heterocycles. The summed E-state index contributed by atoms with van der Waals surface area (Å²) in [6.07, 6.45) is 40.6. The van der Waals surface area contributed by atoms with Crippen molar-refractivity contribution < 1.29 is 32.9 Å². The summed E-state index contributed by atoms with van der Waals surface area (Å²) in [5.74, 6) is -0.199. The number of phosphoric ester groups is 1. The number of nitrogens with one attached hydrogen (secondary N) is 1. The summed E-state index contributed by atoms with van der Waals surface area (Å²) in [7, 11) is 1.54. The van der Waals surface area contributed by atoms with Crippen molar-refractivity contribution in [3.05, 3.63) is 48.6 Å². The molecule has 0 aromatic carbocycles. The zero-order valence-electron chi connectivity index (χ0n) is 32.9. The number of hydrogen-bond donors (Lipinski definition) is 3. The highest BCUT2D eigenvalue weighted by molar-refractivity contribution is 7.47. The molecule has 0 aromatic heterocycles. The predicted molar refractivity (Wildman–Crippen MR) is 212 cm³/mol. The van der Waals surface area contributed by atoms with Crippen LogP contribution in [0.5, 0.6) is 0 Å². The first-order valence-electron chi connectivity index (χ1n) is 20.0. The topological polar surface area (TPSA) is 105 Å². The van der Waals surface area contributed by atoms with Gasteiger partial charge < -0.3 is 19.8 Å². The van der Waals surface area contributed by atoms with E-state index >= 15 is 0 Å². The molecular formula is C41H78N2O6P+. The Morgan fingerprint density at radius 1 is 0.680 bits per heavy atom. The summed E-state index contributed by atoms with van der Waals surface area (Å²) in [6.45, 7) is 4.64. The van der Waals surface area contributed by atoms with Crippen LogP contribution in [-0.2, 0) is 18.4 Å². The molecule has 0 fully saturated rings. The third-order valence-corrected chi connectivity index (χ3v) is 9.49. The number of unbranched alkanes of at least 4 members (excludes halogenated alkanes) is 16. The van der Waals surface area contributed by atoms with Crippen molar-refractivity contribution in [2.24, 2.45) is 0 Å². The van der Waals surface area contributed by atoms with Crippen LogP contribution in [0.15, 0.2) is 48.6 Å². The normalized spacial score (nSPS) is 15.1. The molecule has 8 nitrogen and oxygen atoms in total. The fourth-order valence-electron chi connectivity index (χ4n) is 5.27. The zero-order valence-corrected chi connectivity index (χ0v) is 33.8. The molecule has 292 valence electrons. The number of nitrogens with zero attached hydrogens (tertiary/aromatic N) is 1.